The molecule has 0 spiro atoms. The maximum atomic E-state index is 8.69. The highest BCUT2D eigenvalue weighted by Gasteiger charge is 2.18. The average molecular weight is 230 g/mol. The second kappa shape index (κ2) is 7.46. The summed E-state index contributed by atoms with van der Waals surface area (Å²) in [4.78, 5) is 4.37. The Kier molecular flexibility index (Phi) is 7.08. The zero-order chi connectivity index (χ0) is 12.7. The highest BCUT2D eigenvalue weighted by atomic mass is 16.4. The molecule has 0 aliphatic carbocycles. The molecule has 0 rings (SSSR count). The summed E-state index contributed by atoms with van der Waals surface area (Å²) >= 11 is 0. The fourth-order valence-electron chi connectivity index (χ4n) is 1.51. The fourth-order valence-corrected chi connectivity index (χ4v) is 1.51. The number of hydrogen-bond acceptors (Lipinski definition) is 4. The predicted molar refractivity (Wildman–Crippen MR) is 67.8 cm³/mol. The third kappa shape index (κ3) is 5.92. The van der Waals surface area contributed by atoms with E-state index in [2.05, 4.69) is 28.8 Å². The van der Waals surface area contributed by atoms with Crippen molar-refractivity contribution in [1.82, 2.24) is 9.80 Å². The molecule has 0 aliphatic heterocycles. The van der Waals surface area contributed by atoms with Crippen molar-refractivity contribution in [3.05, 3.63) is 0 Å². The van der Waals surface area contributed by atoms with Crippen LogP contribution in [0.5, 0.6) is 0 Å². The van der Waals surface area contributed by atoms with Crippen molar-refractivity contribution in [2.24, 2.45) is 16.8 Å². The zero-order valence-electron chi connectivity index (χ0n) is 11.1. The largest absolute Gasteiger partial charge is 0.409 e. The van der Waals surface area contributed by atoms with E-state index >= 15 is 0 Å². The number of hydrogen-bond donors (Lipinski definition) is 2. The maximum absolute atomic E-state index is 8.69. The van der Waals surface area contributed by atoms with Gasteiger partial charge in [-0.25, -0.2) is 0 Å². The molecule has 5 nitrogen and oxygen atoms in total. The summed E-state index contributed by atoms with van der Waals surface area (Å²) in [5.74, 6) is 0.843. The van der Waals surface area contributed by atoms with Crippen molar-refractivity contribution >= 4 is 5.84 Å². The summed E-state index contributed by atoms with van der Waals surface area (Å²) in [5.41, 5.74) is 5.64. The van der Waals surface area contributed by atoms with E-state index in [0.29, 0.717) is 5.92 Å². The average Bonchev–Trinajstić information content (AvgIpc) is 2.21. The topological polar surface area (TPSA) is 65.1 Å². The van der Waals surface area contributed by atoms with E-state index in [1.54, 1.807) is 0 Å². The molecule has 0 saturated carbocycles. The molecule has 1 unspecified atom stereocenters. The summed E-state index contributed by atoms with van der Waals surface area (Å²) in [6.07, 6.45) is 0. The van der Waals surface area contributed by atoms with Crippen molar-refractivity contribution in [3.63, 3.8) is 0 Å². The fraction of sp³-hybridized carbons (Fsp3) is 0.909. The molecule has 0 amide bonds. The lowest BCUT2D eigenvalue weighted by Gasteiger charge is -2.30. The van der Waals surface area contributed by atoms with Crippen LogP contribution in [0.3, 0.4) is 0 Å². The Morgan fingerprint density at radius 2 is 1.81 bits per heavy atom. The minimum Gasteiger partial charge on any atom is -0.409 e. The van der Waals surface area contributed by atoms with Crippen LogP contribution in [0.4, 0.5) is 0 Å². The minimum absolute atomic E-state index is 0.0210. The first-order valence-corrected chi connectivity index (χ1v) is 5.74. The van der Waals surface area contributed by atoms with Crippen molar-refractivity contribution in [1.29, 1.82) is 0 Å². The van der Waals surface area contributed by atoms with Crippen molar-refractivity contribution in [2.75, 3.05) is 33.7 Å². The van der Waals surface area contributed by atoms with E-state index in [1.165, 1.54) is 0 Å². The van der Waals surface area contributed by atoms with Crippen molar-refractivity contribution in [3.8, 4) is 0 Å². The molecule has 0 aromatic carbocycles. The Hall–Kier alpha value is -0.810. The predicted octanol–water partition coefficient (Wildman–Crippen LogP) is 0.641. The van der Waals surface area contributed by atoms with Gasteiger partial charge in [-0.15, -0.1) is 0 Å². The highest BCUT2D eigenvalue weighted by Crippen LogP contribution is 2.04. The van der Waals surface area contributed by atoms with E-state index in [4.69, 9.17) is 10.9 Å². The summed E-state index contributed by atoms with van der Waals surface area (Å²) < 4.78 is 0. The molecule has 0 fully saturated rings. The lowest BCUT2D eigenvalue weighted by atomic mass is 10.1. The van der Waals surface area contributed by atoms with Gasteiger partial charge in [0, 0.05) is 19.6 Å². The monoisotopic (exact) mass is 230 g/mol. The summed E-state index contributed by atoms with van der Waals surface area (Å²) in [7, 11) is 4.09. The Morgan fingerprint density at radius 1 is 1.25 bits per heavy atom. The summed E-state index contributed by atoms with van der Waals surface area (Å²) in [6.45, 7) is 9.14. The number of rotatable bonds is 7. The first-order valence-electron chi connectivity index (χ1n) is 5.74. The van der Waals surface area contributed by atoms with Crippen LogP contribution in [0.2, 0.25) is 0 Å². The van der Waals surface area contributed by atoms with Gasteiger partial charge in [0.05, 0.1) is 6.04 Å². The highest BCUT2D eigenvalue weighted by molar-refractivity contribution is 5.84. The number of amidine groups is 1. The quantitative estimate of drug-likeness (QED) is 0.291. The van der Waals surface area contributed by atoms with E-state index in [0.717, 1.165) is 19.6 Å². The normalized spacial score (nSPS) is 15.1. The van der Waals surface area contributed by atoms with Crippen LogP contribution in [0.25, 0.3) is 0 Å². The SMILES string of the molecule is CC(C)CN(CCN(C)C)C(C)C(N)=NO. The van der Waals surface area contributed by atoms with Crippen LogP contribution in [-0.2, 0) is 0 Å². The summed E-state index contributed by atoms with van der Waals surface area (Å²) in [6, 6.07) is -0.0210. The van der Waals surface area contributed by atoms with E-state index in [9.17, 15) is 0 Å². The number of oxime groups is 1. The van der Waals surface area contributed by atoms with Gasteiger partial charge in [-0.1, -0.05) is 19.0 Å². The van der Waals surface area contributed by atoms with Gasteiger partial charge in [-0.05, 0) is 26.9 Å². The van der Waals surface area contributed by atoms with Gasteiger partial charge in [0.25, 0.3) is 0 Å². The first-order chi connectivity index (χ1) is 7.38. The van der Waals surface area contributed by atoms with Gasteiger partial charge < -0.3 is 15.8 Å². The Morgan fingerprint density at radius 3 is 2.19 bits per heavy atom. The van der Waals surface area contributed by atoms with Crippen LogP contribution in [0, 0.1) is 5.92 Å². The lowest BCUT2D eigenvalue weighted by molar-refractivity contribution is 0.198. The maximum Gasteiger partial charge on any atom is 0.156 e. The van der Waals surface area contributed by atoms with Gasteiger partial charge in [0.1, 0.15) is 0 Å². The third-order valence-electron chi connectivity index (χ3n) is 2.53. The van der Waals surface area contributed by atoms with E-state index < -0.39 is 0 Å². The minimum atomic E-state index is -0.0210. The second-order valence-corrected chi connectivity index (χ2v) is 4.89. The second-order valence-electron chi connectivity index (χ2n) is 4.89. The molecule has 16 heavy (non-hydrogen) atoms. The van der Waals surface area contributed by atoms with Crippen LogP contribution in [0.15, 0.2) is 5.16 Å². The molecule has 0 aliphatic rings. The van der Waals surface area contributed by atoms with Crippen molar-refractivity contribution < 1.29 is 5.21 Å². The molecule has 5 heteroatoms. The standard InChI is InChI=1S/C11H26N4O/c1-9(2)8-15(7-6-14(4)5)10(3)11(12)13-16/h9-10,16H,6-8H2,1-5H3,(H2,12,13). The van der Waals surface area contributed by atoms with Crippen LogP contribution < -0.4 is 5.73 Å². The van der Waals surface area contributed by atoms with E-state index in [-0.39, 0.29) is 11.9 Å². The van der Waals surface area contributed by atoms with Gasteiger partial charge in [-0.2, -0.15) is 0 Å². The molecule has 0 aromatic heterocycles. The number of nitrogens with two attached hydrogens (primary N) is 1. The number of likely N-dealkylation sites (N-methyl/N-ethyl adjacent to an activating group) is 1. The molecule has 0 heterocycles. The molecule has 0 aromatic rings. The first kappa shape index (κ1) is 15.2. The Balaban J connectivity index is 4.40. The zero-order valence-corrected chi connectivity index (χ0v) is 11.1. The summed E-state index contributed by atoms with van der Waals surface area (Å²) in [5, 5.41) is 11.8. The van der Waals surface area contributed by atoms with Gasteiger partial charge in [0.2, 0.25) is 0 Å². The number of nitrogens with zero attached hydrogens (tertiary/aromatic N) is 3. The molecular weight excluding hydrogens is 204 g/mol. The van der Waals surface area contributed by atoms with Gasteiger partial charge in [-0.3, -0.25) is 4.90 Å². The smallest absolute Gasteiger partial charge is 0.156 e. The molecule has 0 saturated heterocycles. The Bertz CT molecular complexity index is 216. The molecule has 0 bridgehead atoms. The molecule has 1 atom stereocenters. The van der Waals surface area contributed by atoms with Crippen LogP contribution in [0.1, 0.15) is 20.8 Å². The van der Waals surface area contributed by atoms with Crippen LogP contribution >= 0.6 is 0 Å². The lowest BCUT2D eigenvalue weighted by Crippen LogP contribution is -2.46. The third-order valence-corrected chi connectivity index (χ3v) is 2.53. The van der Waals surface area contributed by atoms with Gasteiger partial charge in [0.15, 0.2) is 5.84 Å². The molecule has 0 radical (unpaired) electrons. The van der Waals surface area contributed by atoms with Crippen LogP contribution in [-0.4, -0.2) is 60.6 Å². The van der Waals surface area contributed by atoms with E-state index in [1.807, 2.05) is 21.0 Å². The Labute approximate surface area is 98.9 Å². The molecular formula is C11H26N4O. The molecule has 3 N–H and O–H groups in total. The van der Waals surface area contributed by atoms with Gasteiger partial charge >= 0.3 is 0 Å². The molecule has 96 valence electrons. The van der Waals surface area contributed by atoms with Crippen molar-refractivity contribution in [2.45, 2.75) is 26.8 Å².